The van der Waals surface area contributed by atoms with Crippen molar-refractivity contribution in [2.24, 2.45) is 5.16 Å². The lowest BCUT2D eigenvalue weighted by Gasteiger charge is -2.09. The molecule has 0 aromatic heterocycles. The lowest BCUT2D eigenvalue weighted by Crippen LogP contribution is -2.06. The summed E-state index contributed by atoms with van der Waals surface area (Å²) >= 11 is 6.91. The standard InChI is InChI=1S/C19H11Br2NO3/c1-2-8-24-18-15(20)10-12(11-16(18)21)9-14-17(22-25-19(14)23)13-6-4-3-5-7-13/h1,3-7,9-11H,8H2/b14-9-. The Labute approximate surface area is 161 Å². The number of terminal acetylenes is 1. The number of nitrogens with zero attached hydrogens (tertiary/aromatic N) is 1. The smallest absolute Gasteiger partial charge is 0.368 e. The fourth-order valence-corrected chi connectivity index (χ4v) is 3.75. The van der Waals surface area contributed by atoms with Gasteiger partial charge in [-0.2, -0.15) is 0 Å². The van der Waals surface area contributed by atoms with E-state index in [2.05, 4.69) is 42.9 Å². The molecule has 0 bridgehead atoms. The van der Waals surface area contributed by atoms with Crippen molar-refractivity contribution < 1.29 is 14.4 Å². The van der Waals surface area contributed by atoms with Crippen molar-refractivity contribution >= 4 is 49.6 Å². The summed E-state index contributed by atoms with van der Waals surface area (Å²) in [5, 5.41) is 3.90. The van der Waals surface area contributed by atoms with Gasteiger partial charge in [-0.3, -0.25) is 0 Å². The molecule has 4 nitrogen and oxygen atoms in total. The van der Waals surface area contributed by atoms with Gasteiger partial charge >= 0.3 is 5.97 Å². The molecule has 0 saturated carbocycles. The highest BCUT2D eigenvalue weighted by Crippen LogP contribution is 2.35. The molecule has 2 aromatic rings. The fraction of sp³-hybridized carbons (Fsp3) is 0.0526. The minimum absolute atomic E-state index is 0.161. The van der Waals surface area contributed by atoms with Gasteiger partial charge in [-0.1, -0.05) is 41.4 Å². The summed E-state index contributed by atoms with van der Waals surface area (Å²) in [5.41, 5.74) is 2.49. The first-order valence-corrected chi connectivity index (χ1v) is 8.81. The molecule has 0 N–H and O–H groups in total. The van der Waals surface area contributed by atoms with E-state index < -0.39 is 5.97 Å². The SMILES string of the molecule is C#CCOc1c(Br)cc(/C=C2\C(=O)ON=C2c2ccccc2)cc1Br. The van der Waals surface area contributed by atoms with Crippen LogP contribution in [-0.4, -0.2) is 18.3 Å². The number of carbonyl (C=O) groups is 1. The Kier molecular flexibility index (Phi) is 5.37. The van der Waals surface area contributed by atoms with Crippen LogP contribution >= 0.6 is 31.9 Å². The van der Waals surface area contributed by atoms with Crippen LogP contribution in [0.4, 0.5) is 0 Å². The van der Waals surface area contributed by atoms with Crippen molar-refractivity contribution in [2.75, 3.05) is 6.61 Å². The summed E-state index contributed by atoms with van der Waals surface area (Å²) in [4.78, 5) is 16.9. The minimum atomic E-state index is -0.487. The molecule has 6 heteroatoms. The monoisotopic (exact) mass is 459 g/mol. The number of oxime groups is 1. The number of ether oxygens (including phenoxy) is 1. The van der Waals surface area contributed by atoms with E-state index in [1.165, 1.54) is 0 Å². The van der Waals surface area contributed by atoms with E-state index in [4.69, 9.17) is 16.0 Å². The summed E-state index contributed by atoms with van der Waals surface area (Å²) in [6.07, 6.45) is 6.95. The molecule has 1 heterocycles. The number of hydrogen-bond donors (Lipinski definition) is 0. The Morgan fingerprint density at radius 2 is 1.88 bits per heavy atom. The molecule has 0 unspecified atom stereocenters. The zero-order chi connectivity index (χ0) is 17.8. The van der Waals surface area contributed by atoms with Crippen molar-refractivity contribution in [2.45, 2.75) is 0 Å². The van der Waals surface area contributed by atoms with E-state index in [1.54, 1.807) is 6.08 Å². The second-order valence-electron chi connectivity index (χ2n) is 5.05. The number of halogens is 2. The van der Waals surface area contributed by atoms with E-state index in [0.717, 1.165) is 11.1 Å². The number of hydrogen-bond acceptors (Lipinski definition) is 4. The summed E-state index contributed by atoms with van der Waals surface area (Å²) in [6, 6.07) is 13.1. The second-order valence-corrected chi connectivity index (χ2v) is 6.76. The maximum absolute atomic E-state index is 12.1. The molecule has 124 valence electrons. The third kappa shape index (κ3) is 3.84. The first-order valence-electron chi connectivity index (χ1n) is 7.22. The summed E-state index contributed by atoms with van der Waals surface area (Å²) in [5.74, 6) is 2.54. The fourth-order valence-electron chi connectivity index (χ4n) is 2.29. The molecule has 0 spiro atoms. The quantitative estimate of drug-likeness (QED) is 0.381. The van der Waals surface area contributed by atoms with Gasteiger partial charge in [-0.15, -0.1) is 6.42 Å². The Hall–Kier alpha value is -2.36. The molecule has 0 fully saturated rings. The zero-order valence-corrected chi connectivity index (χ0v) is 16.0. The number of carbonyl (C=O) groups excluding carboxylic acids is 1. The average molecular weight is 461 g/mol. The van der Waals surface area contributed by atoms with Crippen molar-refractivity contribution in [1.29, 1.82) is 0 Å². The second kappa shape index (κ2) is 7.68. The van der Waals surface area contributed by atoms with Crippen LogP contribution in [0.25, 0.3) is 6.08 Å². The molecule has 2 aromatic carbocycles. The predicted octanol–water partition coefficient (Wildman–Crippen LogP) is 4.57. The highest BCUT2D eigenvalue weighted by Gasteiger charge is 2.26. The Balaban J connectivity index is 1.98. The summed E-state index contributed by atoms with van der Waals surface area (Å²) in [7, 11) is 0. The molecule has 25 heavy (non-hydrogen) atoms. The van der Waals surface area contributed by atoms with Crippen LogP contribution in [-0.2, 0) is 9.63 Å². The van der Waals surface area contributed by atoms with Gasteiger partial charge in [0.05, 0.1) is 14.5 Å². The van der Waals surface area contributed by atoms with Gasteiger partial charge in [-0.05, 0) is 55.6 Å². The van der Waals surface area contributed by atoms with E-state index in [0.29, 0.717) is 26.0 Å². The third-order valence-corrected chi connectivity index (χ3v) is 4.55. The van der Waals surface area contributed by atoms with Crippen molar-refractivity contribution in [3.05, 3.63) is 68.1 Å². The van der Waals surface area contributed by atoms with Crippen LogP contribution in [0.3, 0.4) is 0 Å². The average Bonchev–Trinajstić information content (AvgIpc) is 2.96. The van der Waals surface area contributed by atoms with Gasteiger partial charge in [0.25, 0.3) is 0 Å². The molecule has 0 saturated heterocycles. The van der Waals surface area contributed by atoms with Gasteiger partial charge in [-0.25, -0.2) is 4.79 Å². The normalized spacial score (nSPS) is 14.8. The van der Waals surface area contributed by atoms with Crippen LogP contribution in [0.2, 0.25) is 0 Å². The van der Waals surface area contributed by atoms with Gasteiger partial charge in [0, 0.05) is 5.56 Å². The third-order valence-electron chi connectivity index (χ3n) is 3.37. The minimum Gasteiger partial charge on any atom is -0.479 e. The molecule has 0 amide bonds. The van der Waals surface area contributed by atoms with E-state index in [9.17, 15) is 4.79 Å². The van der Waals surface area contributed by atoms with Crippen LogP contribution in [0.5, 0.6) is 5.75 Å². The van der Waals surface area contributed by atoms with Gasteiger partial charge in [0.15, 0.2) is 0 Å². The van der Waals surface area contributed by atoms with Gasteiger partial charge in [0.2, 0.25) is 0 Å². The highest BCUT2D eigenvalue weighted by molar-refractivity contribution is 9.11. The Morgan fingerprint density at radius 1 is 1.20 bits per heavy atom. The Bertz CT molecular complexity index is 904. The molecule has 3 rings (SSSR count). The molecule has 0 atom stereocenters. The Morgan fingerprint density at radius 3 is 2.52 bits per heavy atom. The van der Waals surface area contributed by atoms with Crippen molar-refractivity contribution in [1.82, 2.24) is 0 Å². The lowest BCUT2D eigenvalue weighted by molar-refractivity contribution is -0.136. The maximum atomic E-state index is 12.1. The summed E-state index contributed by atoms with van der Waals surface area (Å²) < 4.78 is 6.92. The molecule has 0 radical (unpaired) electrons. The number of benzene rings is 2. The molecular weight excluding hydrogens is 450 g/mol. The van der Waals surface area contributed by atoms with Crippen molar-refractivity contribution in [3.8, 4) is 18.1 Å². The van der Waals surface area contributed by atoms with Crippen LogP contribution < -0.4 is 4.74 Å². The molecule has 1 aliphatic heterocycles. The maximum Gasteiger partial charge on any atom is 0.368 e. The van der Waals surface area contributed by atoms with E-state index >= 15 is 0 Å². The highest BCUT2D eigenvalue weighted by atomic mass is 79.9. The molecule has 0 aliphatic carbocycles. The molecular formula is C19H11Br2NO3. The van der Waals surface area contributed by atoms with Crippen LogP contribution in [0.1, 0.15) is 11.1 Å². The van der Waals surface area contributed by atoms with E-state index in [1.807, 2.05) is 42.5 Å². The van der Waals surface area contributed by atoms with Crippen LogP contribution in [0.15, 0.2) is 62.1 Å². The first kappa shape index (κ1) is 17.5. The summed E-state index contributed by atoms with van der Waals surface area (Å²) in [6.45, 7) is 0.161. The van der Waals surface area contributed by atoms with Crippen LogP contribution in [0, 0.1) is 12.3 Å². The molecule has 1 aliphatic rings. The zero-order valence-electron chi connectivity index (χ0n) is 12.8. The van der Waals surface area contributed by atoms with E-state index in [-0.39, 0.29) is 6.61 Å². The lowest BCUT2D eigenvalue weighted by atomic mass is 10.0. The van der Waals surface area contributed by atoms with Gasteiger partial charge < -0.3 is 9.57 Å². The topological polar surface area (TPSA) is 47.9 Å². The number of rotatable bonds is 4. The predicted molar refractivity (Wildman–Crippen MR) is 103 cm³/mol. The van der Waals surface area contributed by atoms with Gasteiger partial charge in [0.1, 0.15) is 18.1 Å². The van der Waals surface area contributed by atoms with Crippen molar-refractivity contribution in [3.63, 3.8) is 0 Å². The largest absolute Gasteiger partial charge is 0.479 e. The first-order chi connectivity index (χ1) is 12.1.